The molecule has 0 bridgehead atoms. The van der Waals surface area contributed by atoms with Gasteiger partial charge in [0.1, 0.15) is 5.78 Å². The number of aliphatic hydroxyl groups excluding tert-OH is 2. The maximum Gasteiger partial charge on any atom is 0.138 e. The summed E-state index contributed by atoms with van der Waals surface area (Å²) in [6.45, 7) is 8.26. The van der Waals surface area contributed by atoms with Crippen LogP contribution in [0.5, 0.6) is 0 Å². The lowest BCUT2D eigenvalue weighted by molar-refractivity contribution is -0.128. The molecule has 0 radical (unpaired) electrons. The molecule has 0 fully saturated rings. The smallest absolute Gasteiger partial charge is 0.138 e. The molecule has 0 heterocycles. The molecule has 0 aliphatic heterocycles. The van der Waals surface area contributed by atoms with Crippen molar-refractivity contribution in [3.8, 4) is 0 Å². The molecule has 0 spiro atoms. The standard InChI is InChI=1S/C16H28O3S/c1-11-6-5-7-16(3,4)15(11)14(19)8-12(2)20-10-13(18)9-17/h5-6,11-13,15,17-18H,7-10H2,1-4H3. The molecule has 116 valence electrons. The Kier molecular flexibility index (Phi) is 6.76. The predicted molar refractivity (Wildman–Crippen MR) is 84.8 cm³/mol. The van der Waals surface area contributed by atoms with E-state index < -0.39 is 6.10 Å². The van der Waals surface area contributed by atoms with E-state index in [4.69, 9.17) is 5.11 Å². The number of hydrogen-bond acceptors (Lipinski definition) is 4. The van der Waals surface area contributed by atoms with Gasteiger partial charge in [0, 0.05) is 23.3 Å². The molecule has 0 amide bonds. The summed E-state index contributed by atoms with van der Waals surface area (Å²) >= 11 is 1.55. The molecule has 0 saturated carbocycles. The fourth-order valence-electron chi connectivity index (χ4n) is 3.06. The Balaban J connectivity index is 2.54. The molecule has 3 nitrogen and oxygen atoms in total. The predicted octanol–water partition coefficient (Wildman–Crippen LogP) is 2.66. The second-order valence-electron chi connectivity index (χ2n) is 6.61. The summed E-state index contributed by atoms with van der Waals surface area (Å²) in [7, 11) is 0. The minimum Gasteiger partial charge on any atom is -0.394 e. The second kappa shape index (κ2) is 7.62. The summed E-state index contributed by atoms with van der Waals surface area (Å²) in [5.74, 6) is 1.18. The van der Waals surface area contributed by atoms with Gasteiger partial charge in [-0.3, -0.25) is 4.79 Å². The quantitative estimate of drug-likeness (QED) is 0.710. The Morgan fingerprint density at radius 3 is 2.70 bits per heavy atom. The van der Waals surface area contributed by atoms with Crippen molar-refractivity contribution in [1.82, 2.24) is 0 Å². The van der Waals surface area contributed by atoms with E-state index in [-0.39, 0.29) is 23.2 Å². The van der Waals surface area contributed by atoms with Crippen LogP contribution in [0.3, 0.4) is 0 Å². The van der Waals surface area contributed by atoms with E-state index >= 15 is 0 Å². The third-order valence-corrected chi connectivity index (χ3v) is 5.38. The van der Waals surface area contributed by atoms with Gasteiger partial charge in [-0.1, -0.05) is 39.8 Å². The molecule has 1 rings (SSSR count). The fraction of sp³-hybridized carbons (Fsp3) is 0.812. The van der Waals surface area contributed by atoms with E-state index in [2.05, 4.69) is 32.9 Å². The third-order valence-electron chi connectivity index (χ3n) is 4.07. The Morgan fingerprint density at radius 1 is 1.50 bits per heavy atom. The van der Waals surface area contributed by atoms with Gasteiger partial charge in [-0.2, -0.15) is 11.8 Å². The molecule has 4 heteroatoms. The molecular formula is C16H28O3S. The Morgan fingerprint density at radius 2 is 2.15 bits per heavy atom. The summed E-state index contributed by atoms with van der Waals surface area (Å²) in [5.41, 5.74) is 0.0280. The minimum atomic E-state index is -0.689. The van der Waals surface area contributed by atoms with Crippen LogP contribution in [-0.4, -0.2) is 39.7 Å². The van der Waals surface area contributed by atoms with E-state index in [0.717, 1.165) is 6.42 Å². The van der Waals surface area contributed by atoms with Crippen LogP contribution in [0.25, 0.3) is 0 Å². The van der Waals surface area contributed by atoms with Gasteiger partial charge in [-0.05, 0) is 17.8 Å². The van der Waals surface area contributed by atoms with Crippen molar-refractivity contribution in [2.24, 2.45) is 17.3 Å². The first-order chi connectivity index (χ1) is 9.27. The summed E-state index contributed by atoms with van der Waals surface area (Å²) in [4.78, 5) is 12.6. The van der Waals surface area contributed by atoms with Crippen molar-refractivity contribution in [3.05, 3.63) is 12.2 Å². The molecular weight excluding hydrogens is 272 g/mol. The summed E-state index contributed by atoms with van der Waals surface area (Å²) in [5, 5.41) is 18.3. The number of Topliss-reactive ketones (excluding diaryl/α,β-unsaturated/α-hetero) is 1. The van der Waals surface area contributed by atoms with E-state index in [1.807, 2.05) is 6.92 Å². The number of carbonyl (C=O) groups is 1. The monoisotopic (exact) mass is 300 g/mol. The average molecular weight is 300 g/mol. The molecule has 2 N–H and O–H groups in total. The first-order valence-corrected chi connectivity index (χ1v) is 8.42. The SMILES string of the molecule is CC(CC(=O)C1C(C)C=CCC1(C)C)SCC(O)CO. The summed E-state index contributed by atoms with van der Waals surface area (Å²) in [6, 6.07) is 0. The lowest BCUT2D eigenvalue weighted by atomic mass is 9.65. The van der Waals surface area contributed by atoms with E-state index in [0.29, 0.717) is 23.9 Å². The van der Waals surface area contributed by atoms with E-state index in [1.54, 1.807) is 11.8 Å². The van der Waals surface area contributed by atoms with Crippen LogP contribution in [0.2, 0.25) is 0 Å². The van der Waals surface area contributed by atoms with Gasteiger partial charge in [0.15, 0.2) is 0 Å². The van der Waals surface area contributed by atoms with Crippen LogP contribution in [0, 0.1) is 17.3 Å². The van der Waals surface area contributed by atoms with Gasteiger partial charge in [-0.15, -0.1) is 0 Å². The molecule has 20 heavy (non-hydrogen) atoms. The second-order valence-corrected chi connectivity index (χ2v) is 8.08. The highest BCUT2D eigenvalue weighted by atomic mass is 32.2. The largest absolute Gasteiger partial charge is 0.394 e. The van der Waals surface area contributed by atoms with Gasteiger partial charge >= 0.3 is 0 Å². The zero-order valence-electron chi connectivity index (χ0n) is 13.0. The zero-order valence-corrected chi connectivity index (χ0v) is 13.8. The van der Waals surface area contributed by atoms with Crippen LogP contribution < -0.4 is 0 Å². The average Bonchev–Trinajstić information content (AvgIpc) is 2.34. The number of ketones is 1. The molecule has 0 saturated heterocycles. The van der Waals surface area contributed by atoms with Gasteiger partial charge < -0.3 is 10.2 Å². The van der Waals surface area contributed by atoms with Crippen molar-refractivity contribution in [3.63, 3.8) is 0 Å². The van der Waals surface area contributed by atoms with E-state index in [9.17, 15) is 9.90 Å². The lowest BCUT2D eigenvalue weighted by Gasteiger charge is -2.39. The number of thioether (sulfide) groups is 1. The highest BCUT2D eigenvalue weighted by Gasteiger charge is 2.39. The van der Waals surface area contributed by atoms with Gasteiger partial charge in [0.2, 0.25) is 0 Å². The lowest BCUT2D eigenvalue weighted by Crippen LogP contribution is -2.38. The van der Waals surface area contributed by atoms with Crippen molar-refractivity contribution in [1.29, 1.82) is 0 Å². The minimum absolute atomic E-state index is 0.0280. The van der Waals surface area contributed by atoms with Crippen LogP contribution >= 0.6 is 11.8 Å². The van der Waals surface area contributed by atoms with Gasteiger partial charge in [0.05, 0.1) is 12.7 Å². The third kappa shape index (κ3) is 4.90. The molecule has 4 atom stereocenters. The van der Waals surface area contributed by atoms with Crippen LogP contribution in [0.15, 0.2) is 12.2 Å². The first kappa shape index (κ1) is 17.7. The number of allylic oxidation sites excluding steroid dienone is 2. The number of aliphatic hydroxyl groups is 2. The molecule has 0 aromatic rings. The van der Waals surface area contributed by atoms with Crippen LogP contribution in [0.1, 0.15) is 40.5 Å². The summed E-state index contributed by atoms with van der Waals surface area (Å²) < 4.78 is 0. The maximum absolute atomic E-state index is 12.6. The first-order valence-electron chi connectivity index (χ1n) is 7.38. The van der Waals surface area contributed by atoms with Crippen molar-refractivity contribution < 1.29 is 15.0 Å². The molecule has 1 aliphatic carbocycles. The number of carbonyl (C=O) groups excluding carboxylic acids is 1. The summed E-state index contributed by atoms with van der Waals surface area (Å²) in [6.07, 6.45) is 5.14. The molecule has 0 aromatic heterocycles. The highest BCUT2D eigenvalue weighted by molar-refractivity contribution is 7.99. The molecule has 1 aliphatic rings. The number of hydrogen-bond donors (Lipinski definition) is 2. The highest BCUT2D eigenvalue weighted by Crippen LogP contribution is 2.42. The Bertz CT molecular complexity index is 352. The van der Waals surface area contributed by atoms with Crippen LogP contribution in [0.4, 0.5) is 0 Å². The molecule has 4 unspecified atom stereocenters. The maximum atomic E-state index is 12.6. The van der Waals surface area contributed by atoms with Crippen LogP contribution in [-0.2, 0) is 4.79 Å². The van der Waals surface area contributed by atoms with Gasteiger partial charge in [-0.25, -0.2) is 0 Å². The fourth-order valence-corrected chi connectivity index (χ4v) is 4.00. The van der Waals surface area contributed by atoms with Gasteiger partial charge in [0.25, 0.3) is 0 Å². The zero-order chi connectivity index (χ0) is 15.3. The normalized spacial score (nSPS) is 28.1. The van der Waals surface area contributed by atoms with E-state index in [1.165, 1.54) is 0 Å². The topological polar surface area (TPSA) is 57.5 Å². The Hall–Kier alpha value is -0.320. The van der Waals surface area contributed by atoms with Crippen molar-refractivity contribution in [2.45, 2.75) is 51.9 Å². The van der Waals surface area contributed by atoms with Crippen molar-refractivity contribution in [2.75, 3.05) is 12.4 Å². The Labute approximate surface area is 126 Å². The number of rotatable bonds is 7. The molecule has 0 aromatic carbocycles. The van der Waals surface area contributed by atoms with Crippen molar-refractivity contribution >= 4 is 17.5 Å².